The van der Waals surface area contributed by atoms with Gasteiger partial charge in [0, 0.05) is 37.5 Å². The number of hydrogen-bond acceptors (Lipinski definition) is 7. The lowest BCUT2D eigenvalue weighted by atomic mass is 10.2. The standard InChI is InChI=1S/C21H24N6O3/c28-21(30-17-7-11-29-14-17)26-10-1-2-16(26)12-23-19-3-4-20-24-13-18(27(20)25-19)15-5-8-22-9-6-15/h3-6,8-9,13,16-17H,1-2,7,10-12,14H2,(H,23,25)/t16-,17?/m0/s1. The van der Waals surface area contributed by atoms with E-state index in [9.17, 15) is 4.79 Å². The van der Waals surface area contributed by atoms with Crippen molar-refractivity contribution in [1.29, 1.82) is 0 Å². The topological polar surface area (TPSA) is 93.9 Å². The molecule has 2 aliphatic rings. The van der Waals surface area contributed by atoms with Crippen LogP contribution in [0.2, 0.25) is 0 Å². The highest BCUT2D eigenvalue weighted by Gasteiger charge is 2.32. The van der Waals surface area contributed by atoms with Gasteiger partial charge in [-0.1, -0.05) is 0 Å². The molecule has 0 aliphatic carbocycles. The lowest BCUT2D eigenvalue weighted by molar-refractivity contribution is 0.0529. The molecule has 0 saturated carbocycles. The average Bonchev–Trinajstić information content (AvgIpc) is 3.53. The van der Waals surface area contributed by atoms with E-state index >= 15 is 0 Å². The summed E-state index contributed by atoms with van der Waals surface area (Å²) in [6, 6.07) is 7.79. The van der Waals surface area contributed by atoms with Crippen molar-refractivity contribution in [2.45, 2.75) is 31.4 Å². The summed E-state index contributed by atoms with van der Waals surface area (Å²) in [5.41, 5.74) is 2.68. The summed E-state index contributed by atoms with van der Waals surface area (Å²) in [7, 11) is 0. The van der Waals surface area contributed by atoms with Crippen LogP contribution in [0.1, 0.15) is 19.3 Å². The minimum absolute atomic E-state index is 0.0831. The second kappa shape index (κ2) is 8.27. The molecular formula is C21H24N6O3. The molecule has 9 heteroatoms. The van der Waals surface area contributed by atoms with Crippen LogP contribution in [-0.2, 0) is 9.47 Å². The highest BCUT2D eigenvalue weighted by Crippen LogP contribution is 2.22. The first-order chi connectivity index (χ1) is 14.8. The molecule has 0 radical (unpaired) electrons. The fourth-order valence-corrected chi connectivity index (χ4v) is 4.01. The molecule has 0 aromatic carbocycles. The largest absolute Gasteiger partial charge is 0.444 e. The van der Waals surface area contributed by atoms with Crippen molar-refractivity contribution in [3.63, 3.8) is 0 Å². The number of pyridine rings is 1. The Morgan fingerprint density at radius 1 is 1.23 bits per heavy atom. The van der Waals surface area contributed by atoms with E-state index in [-0.39, 0.29) is 18.2 Å². The van der Waals surface area contributed by atoms with Gasteiger partial charge in [0.2, 0.25) is 0 Å². The van der Waals surface area contributed by atoms with Crippen molar-refractivity contribution in [3.05, 3.63) is 42.9 Å². The zero-order chi connectivity index (χ0) is 20.3. The number of rotatable bonds is 5. The van der Waals surface area contributed by atoms with Crippen molar-refractivity contribution in [2.75, 3.05) is 31.6 Å². The normalized spacial score (nSPS) is 21.3. The summed E-state index contributed by atoms with van der Waals surface area (Å²) in [4.78, 5) is 22.9. The molecule has 0 bridgehead atoms. The van der Waals surface area contributed by atoms with Crippen molar-refractivity contribution >= 4 is 17.6 Å². The second-order valence-electron chi connectivity index (χ2n) is 7.61. The number of imidazole rings is 1. The summed E-state index contributed by atoms with van der Waals surface area (Å²) in [6.07, 6.45) is 7.64. The highest BCUT2D eigenvalue weighted by molar-refractivity contribution is 5.69. The van der Waals surface area contributed by atoms with E-state index in [0.717, 1.165) is 48.5 Å². The molecule has 1 amide bonds. The molecule has 2 fully saturated rings. The van der Waals surface area contributed by atoms with Crippen molar-refractivity contribution in [2.24, 2.45) is 0 Å². The predicted molar refractivity (Wildman–Crippen MR) is 110 cm³/mol. The fourth-order valence-electron chi connectivity index (χ4n) is 4.01. The summed E-state index contributed by atoms with van der Waals surface area (Å²) in [5, 5.41) is 8.08. The molecule has 2 atom stereocenters. The Morgan fingerprint density at radius 3 is 2.97 bits per heavy atom. The molecule has 9 nitrogen and oxygen atoms in total. The maximum Gasteiger partial charge on any atom is 0.410 e. The molecule has 2 saturated heterocycles. The van der Waals surface area contributed by atoms with Crippen LogP contribution in [0.15, 0.2) is 42.9 Å². The molecule has 3 aromatic heterocycles. The molecule has 1 N–H and O–H groups in total. The van der Waals surface area contributed by atoms with Gasteiger partial charge in [-0.2, -0.15) is 0 Å². The summed E-state index contributed by atoms with van der Waals surface area (Å²) in [5.74, 6) is 0.736. The van der Waals surface area contributed by atoms with Crippen molar-refractivity contribution in [1.82, 2.24) is 24.5 Å². The van der Waals surface area contributed by atoms with Gasteiger partial charge in [-0.05, 0) is 37.1 Å². The van der Waals surface area contributed by atoms with Crippen LogP contribution in [0.5, 0.6) is 0 Å². The van der Waals surface area contributed by atoms with Gasteiger partial charge in [-0.25, -0.2) is 14.3 Å². The number of carbonyl (C=O) groups is 1. The smallest absolute Gasteiger partial charge is 0.410 e. The van der Waals surface area contributed by atoms with Gasteiger partial charge in [0.1, 0.15) is 11.9 Å². The monoisotopic (exact) mass is 408 g/mol. The summed E-state index contributed by atoms with van der Waals surface area (Å²) < 4.78 is 12.7. The number of likely N-dealkylation sites (tertiary alicyclic amines) is 1. The van der Waals surface area contributed by atoms with Gasteiger partial charge >= 0.3 is 6.09 Å². The van der Waals surface area contributed by atoms with Gasteiger partial charge in [-0.15, -0.1) is 5.10 Å². The third kappa shape index (κ3) is 3.80. The Balaban J connectivity index is 1.27. The van der Waals surface area contributed by atoms with Crippen LogP contribution in [-0.4, -0.2) is 69.0 Å². The molecule has 0 spiro atoms. The van der Waals surface area contributed by atoms with E-state index in [1.807, 2.05) is 39.9 Å². The zero-order valence-corrected chi connectivity index (χ0v) is 16.6. The predicted octanol–water partition coefficient (Wildman–Crippen LogP) is 2.59. The molecule has 156 valence electrons. The number of carbonyl (C=O) groups excluding carboxylic acids is 1. The number of aromatic nitrogens is 4. The third-order valence-corrected chi connectivity index (χ3v) is 5.62. The van der Waals surface area contributed by atoms with Crippen LogP contribution < -0.4 is 5.32 Å². The van der Waals surface area contributed by atoms with Crippen molar-refractivity contribution in [3.8, 4) is 11.3 Å². The van der Waals surface area contributed by atoms with Crippen LogP contribution in [0.25, 0.3) is 16.9 Å². The maximum atomic E-state index is 12.6. The maximum absolute atomic E-state index is 12.6. The number of amides is 1. The van der Waals surface area contributed by atoms with Crippen LogP contribution in [0.4, 0.5) is 10.6 Å². The Hall–Kier alpha value is -3.20. The van der Waals surface area contributed by atoms with Gasteiger partial charge in [0.25, 0.3) is 0 Å². The molecule has 2 aliphatic heterocycles. The van der Waals surface area contributed by atoms with Gasteiger partial charge in [0.15, 0.2) is 5.65 Å². The fraction of sp³-hybridized carbons (Fsp3) is 0.429. The first-order valence-corrected chi connectivity index (χ1v) is 10.3. The van der Waals surface area contributed by atoms with Crippen LogP contribution in [0.3, 0.4) is 0 Å². The van der Waals surface area contributed by atoms with Gasteiger partial charge in [-0.3, -0.25) is 4.98 Å². The Labute approximate surface area is 174 Å². The molecule has 3 aromatic rings. The molecular weight excluding hydrogens is 384 g/mol. The molecule has 5 heterocycles. The van der Waals surface area contributed by atoms with Crippen LogP contribution in [0, 0.1) is 0 Å². The Bertz CT molecular complexity index is 1020. The number of hydrogen-bond donors (Lipinski definition) is 1. The number of nitrogens with one attached hydrogen (secondary N) is 1. The minimum atomic E-state index is -0.243. The number of nitrogens with zero attached hydrogens (tertiary/aromatic N) is 5. The summed E-state index contributed by atoms with van der Waals surface area (Å²) in [6.45, 7) is 2.50. The van der Waals surface area contributed by atoms with E-state index in [2.05, 4.69) is 15.3 Å². The third-order valence-electron chi connectivity index (χ3n) is 5.62. The van der Waals surface area contributed by atoms with Crippen molar-refractivity contribution < 1.29 is 14.3 Å². The van der Waals surface area contributed by atoms with E-state index in [1.165, 1.54) is 0 Å². The van der Waals surface area contributed by atoms with Gasteiger partial charge < -0.3 is 19.7 Å². The van der Waals surface area contributed by atoms with E-state index in [4.69, 9.17) is 14.6 Å². The molecule has 30 heavy (non-hydrogen) atoms. The molecule has 1 unspecified atom stereocenters. The Morgan fingerprint density at radius 2 is 2.13 bits per heavy atom. The SMILES string of the molecule is O=C(OC1CCOC1)N1CCC[C@H]1CNc1ccc2ncc(-c3ccncc3)n2n1. The Kier molecular flexibility index (Phi) is 5.18. The second-order valence-corrected chi connectivity index (χ2v) is 7.61. The average molecular weight is 408 g/mol. The number of ether oxygens (including phenoxy) is 2. The van der Waals surface area contributed by atoms with Crippen LogP contribution >= 0.6 is 0 Å². The zero-order valence-electron chi connectivity index (χ0n) is 16.6. The van der Waals surface area contributed by atoms with E-state index in [0.29, 0.717) is 19.8 Å². The quantitative estimate of drug-likeness (QED) is 0.693. The number of anilines is 1. The minimum Gasteiger partial charge on any atom is -0.444 e. The van der Waals surface area contributed by atoms with E-state index < -0.39 is 0 Å². The summed E-state index contributed by atoms with van der Waals surface area (Å²) >= 11 is 0. The van der Waals surface area contributed by atoms with E-state index in [1.54, 1.807) is 12.4 Å². The highest BCUT2D eigenvalue weighted by atomic mass is 16.6. The lowest BCUT2D eigenvalue weighted by Crippen LogP contribution is -2.41. The first kappa shape index (κ1) is 18.8. The molecule has 5 rings (SSSR count). The van der Waals surface area contributed by atoms with Gasteiger partial charge in [0.05, 0.1) is 31.1 Å². The lowest BCUT2D eigenvalue weighted by Gasteiger charge is -2.25. The number of fused-ring (bicyclic) bond motifs is 1. The first-order valence-electron chi connectivity index (χ1n) is 10.3.